The van der Waals surface area contributed by atoms with Crippen LogP contribution in [-0.4, -0.2) is 61.4 Å². The van der Waals surface area contributed by atoms with Gasteiger partial charge in [-0.1, -0.05) is 18.2 Å². The molecule has 8 heteroatoms. The molecule has 2 aliphatic rings. The number of hydrogen-bond acceptors (Lipinski definition) is 7. The van der Waals surface area contributed by atoms with Gasteiger partial charge in [-0.2, -0.15) is 5.10 Å². The second-order valence-corrected chi connectivity index (χ2v) is 9.89. The molecule has 1 atom stereocenters. The fourth-order valence-electron chi connectivity index (χ4n) is 4.27. The Hall–Kier alpha value is -2.68. The third-order valence-electron chi connectivity index (χ3n) is 5.99. The van der Waals surface area contributed by atoms with Crippen LogP contribution in [0.4, 0.5) is 5.69 Å². The largest absolute Gasteiger partial charge is 0.497 e. The maximum absolute atomic E-state index is 13.3. The second kappa shape index (κ2) is 9.44. The molecule has 32 heavy (non-hydrogen) atoms. The van der Waals surface area contributed by atoms with Gasteiger partial charge in [0.25, 0.3) is 5.91 Å². The minimum atomic E-state index is -0.00215. The van der Waals surface area contributed by atoms with Crippen LogP contribution in [0.5, 0.6) is 5.75 Å². The average molecular weight is 467 g/mol. The summed E-state index contributed by atoms with van der Waals surface area (Å²) in [5, 5.41) is 10.6. The summed E-state index contributed by atoms with van der Waals surface area (Å²) in [6.45, 7) is 3.87. The first-order valence-electron chi connectivity index (χ1n) is 10.8. The zero-order chi connectivity index (χ0) is 21.9. The van der Waals surface area contributed by atoms with E-state index in [4.69, 9.17) is 9.84 Å². The molecule has 1 amide bonds. The summed E-state index contributed by atoms with van der Waals surface area (Å²) < 4.78 is 5.35. The third kappa shape index (κ3) is 4.44. The molecule has 0 bridgehead atoms. The molecule has 166 valence electrons. The van der Waals surface area contributed by atoms with Gasteiger partial charge in [0.1, 0.15) is 5.75 Å². The van der Waals surface area contributed by atoms with Crippen molar-refractivity contribution in [2.45, 2.75) is 12.5 Å². The molecule has 0 radical (unpaired) electrons. The Morgan fingerprint density at radius 2 is 1.88 bits per heavy atom. The molecule has 5 rings (SSSR count). The van der Waals surface area contributed by atoms with E-state index in [-0.39, 0.29) is 11.9 Å². The highest BCUT2D eigenvalue weighted by molar-refractivity contribution is 7.12. The quantitative estimate of drug-likeness (QED) is 0.543. The molecule has 0 saturated carbocycles. The molecule has 1 aromatic carbocycles. The maximum atomic E-state index is 13.3. The van der Waals surface area contributed by atoms with Crippen LogP contribution in [-0.2, 0) is 4.79 Å². The van der Waals surface area contributed by atoms with Gasteiger partial charge in [-0.25, -0.2) is 5.01 Å². The molecule has 1 saturated heterocycles. The van der Waals surface area contributed by atoms with Crippen molar-refractivity contribution in [3.63, 3.8) is 0 Å². The van der Waals surface area contributed by atoms with Crippen LogP contribution in [0.1, 0.15) is 22.2 Å². The van der Waals surface area contributed by atoms with Crippen LogP contribution >= 0.6 is 22.7 Å². The number of hydrogen-bond donors (Lipinski definition) is 0. The van der Waals surface area contributed by atoms with Crippen molar-refractivity contribution >= 4 is 40.0 Å². The molecule has 0 aliphatic carbocycles. The standard InChI is InChI=1S/C24H26N4O2S2/c1-30-19-6-2-5-18(15-19)27-11-9-26(10-12-27)17-24(29)28-21(23-8-4-14-32-23)16-20(25-28)22-7-3-13-31-22/h2-8,13-15,21H,9-12,16-17H2,1H3/t21-/m1/s1. The Kier molecular flexibility index (Phi) is 6.25. The normalized spacial score (nSPS) is 19.3. The molecule has 6 nitrogen and oxygen atoms in total. The van der Waals surface area contributed by atoms with Crippen molar-refractivity contribution in [1.82, 2.24) is 9.91 Å². The molecule has 2 aliphatic heterocycles. The molecular weight excluding hydrogens is 440 g/mol. The number of ether oxygens (including phenoxy) is 1. The van der Waals surface area contributed by atoms with Gasteiger partial charge in [0, 0.05) is 49.2 Å². The fraction of sp³-hybridized carbons (Fsp3) is 0.333. The van der Waals surface area contributed by atoms with Gasteiger partial charge in [0.2, 0.25) is 0 Å². The number of rotatable bonds is 6. The molecule has 1 fully saturated rings. The van der Waals surface area contributed by atoms with Crippen molar-refractivity contribution in [1.29, 1.82) is 0 Å². The number of carbonyl (C=O) groups is 1. The topological polar surface area (TPSA) is 48.4 Å². The van der Waals surface area contributed by atoms with E-state index in [9.17, 15) is 4.79 Å². The van der Waals surface area contributed by atoms with Crippen LogP contribution in [0.3, 0.4) is 0 Å². The summed E-state index contributed by atoms with van der Waals surface area (Å²) in [5.41, 5.74) is 2.17. The van der Waals surface area contributed by atoms with Crippen molar-refractivity contribution in [2.24, 2.45) is 5.10 Å². The van der Waals surface area contributed by atoms with Gasteiger partial charge in [-0.05, 0) is 35.0 Å². The van der Waals surface area contributed by atoms with Crippen LogP contribution in [0.25, 0.3) is 0 Å². The SMILES string of the molecule is COc1cccc(N2CCN(CC(=O)N3N=C(c4cccs4)C[C@@H]3c3cccs3)CC2)c1. The van der Waals surface area contributed by atoms with Crippen molar-refractivity contribution in [3.05, 3.63) is 69.0 Å². The first kappa shape index (κ1) is 21.2. The Bertz CT molecular complexity index is 1070. The van der Waals surface area contributed by atoms with Crippen LogP contribution in [0, 0.1) is 0 Å². The minimum Gasteiger partial charge on any atom is -0.497 e. The monoisotopic (exact) mass is 466 g/mol. The highest BCUT2D eigenvalue weighted by atomic mass is 32.1. The number of thiophene rings is 2. The third-order valence-corrected chi connectivity index (χ3v) is 7.89. The minimum absolute atomic E-state index is 0.00215. The zero-order valence-electron chi connectivity index (χ0n) is 18.0. The Labute approximate surface area is 196 Å². The molecule has 0 unspecified atom stereocenters. The number of piperazine rings is 1. The summed E-state index contributed by atoms with van der Waals surface area (Å²) in [7, 11) is 1.69. The van der Waals surface area contributed by atoms with E-state index in [0.717, 1.165) is 54.6 Å². The fourth-order valence-corrected chi connectivity index (χ4v) is 5.80. The van der Waals surface area contributed by atoms with Gasteiger partial charge in [-0.3, -0.25) is 9.69 Å². The number of anilines is 1. The van der Waals surface area contributed by atoms with Crippen LogP contribution in [0.15, 0.2) is 64.4 Å². The van der Waals surface area contributed by atoms with Gasteiger partial charge in [0.15, 0.2) is 0 Å². The van der Waals surface area contributed by atoms with E-state index in [2.05, 4.69) is 44.8 Å². The van der Waals surface area contributed by atoms with Gasteiger partial charge in [0.05, 0.1) is 30.3 Å². The lowest BCUT2D eigenvalue weighted by Gasteiger charge is -2.36. The number of benzene rings is 1. The lowest BCUT2D eigenvalue weighted by molar-refractivity contribution is -0.134. The zero-order valence-corrected chi connectivity index (χ0v) is 19.6. The van der Waals surface area contributed by atoms with Gasteiger partial charge >= 0.3 is 0 Å². The van der Waals surface area contributed by atoms with Crippen LogP contribution < -0.4 is 9.64 Å². The summed E-state index contributed by atoms with van der Waals surface area (Å²) in [4.78, 5) is 20.2. The molecule has 0 spiro atoms. The summed E-state index contributed by atoms with van der Waals surface area (Å²) in [5.74, 6) is 0.943. The van der Waals surface area contributed by atoms with E-state index in [1.165, 1.54) is 4.88 Å². The number of hydrazone groups is 1. The smallest absolute Gasteiger partial charge is 0.257 e. The summed E-state index contributed by atoms with van der Waals surface area (Å²) in [6, 6.07) is 16.4. The Morgan fingerprint density at radius 3 is 2.59 bits per heavy atom. The maximum Gasteiger partial charge on any atom is 0.257 e. The first-order valence-corrected chi connectivity index (χ1v) is 12.6. The summed E-state index contributed by atoms with van der Waals surface area (Å²) >= 11 is 3.37. The summed E-state index contributed by atoms with van der Waals surface area (Å²) in [6.07, 6.45) is 0.774. The van der Waals surface area contributed by atoms with E-state index < -0.39 is 0 Å². The van der Waals surface area contributed by atoms with Gasteiger partial charge < -0.3 is 9.64 Å². The van der Waals surface area contributed by atoms with E-state index >= 15 is 0 Å². The Morgan fingerprint density at radius 1 is 1.06 bits per heavy atom. The van der Waals surface area contributed by atoms with E-state index in [1.54, 1.807) is 34.8 Å². The molecular formula is C24H26N4O2S2. The van der Waals surface area contributed by atoms with E-state index in [0.29, 0.717) is 6.54 Å². The first-order chi connectivity index (χ1) is 15.7. The predicted octanol–water partition coefficient (Wildman–Crippen LogP) is 4.32. The Balaban J connectivity index is 1.24. The number of amides is 1. The molecule has 4 heterocycles. The van der Waals surface area contributed by atoms with Gasteiger partial charge in [-0.15, -0.1) is 22.7 Å². The molecule has 2 aromatic heterocycles. The molecule has 3 aromatic rings. The lowest BCUT2D eigenvalue weighted by Crippen LogP contribution is -2.49. The van der Waals surface area contributed by atoms with Crippen molar-refractivity contribution < 1.29 is 9.53 Å². The second-order valence-electron chi connectivity index (χ2n) is 7.96. The van der Waals surface area contributed by atoms with Crippen molar-refractivity contribution in [2.75, 3.05) is 44.7 Å². The van der Waals surface area contributed by atoms with Crippen molar-refractivity contribution in [3.8, 4) is 5.75 Å². The number of methoxy groups -OCH3 is 1. The number of nitrogens with zero attached hydrogens (tertiary/aromatic N) is 4. The molecule has 0 N–H and O–H groups in total. The average Bonchev–Trinajstić information content (AvgIpc) is 3.60. The van der Waals surface area contributed by atoms with Crippen LogP contribution in [0.2, 0.25) is 0 Å². The van der Waals surface area contributed by atoms with E-state index in [1.807, 2.05) is 24.3 Å². The number of carbonyl (C=O) groups excluding carboxylic acids is 1. The highest BCUT2D eigenvalue weighted by Crippen LogP contribution is 2.36. The highest BCUT2D eigenvalue weighted by Gasteiger charge is 2.35. The predicted molar refractivity (Wildman–Crippen MR) is 131 cm³/mol. The lowest BCUT2D eigenvalue weighted by atomic mass is 10.1.